The fraction of sp³-hybridized carbons (Fsp3) is 0.375. The van der Waals surface area contributed by atoms with E-state index < -0.39 is 29.4 Å². The van der Waals surface area contributed by atoms with E-state index in [1.165, 1.54) is 6.07 Å². The third kappa shape index (κ3) is 1.12. The van der Waals surface area contributed by atoms with E-state index in [0.717, 1.165) is 6.20 Å². The largest absolute Gasteiger partial charge is 0.316 e. The van der Waals surface area contributed by atoms with Crippen LogP contribution in [0.5, 0.6) is 0 Å². The molecule has 2 rings (SSSR count). The molecule has 0 aromatic carbocycles. The van der Waals surface area contributed by atoms with Crippen molar-refractivity contribution >= 4 is 11.6 Å². The number of hydrogen-bond donors (Lipinski definition) is 1. The Balaban J connectivity index is 2.54. The molecule has 0 radical (unpaired) electrons. The van der Waals surface area contributed by atoms with E-state index in [1.807, 2.05) is 0 Å². The zero-order valence-corrected chi connectivity index (χ0v) is 7.65. The van der Waals surface area contributed by atoms with Crippen LogP contribution in [0, 0.1) is 5.95 Å². The van der Waals surface area contributed by atoms with E-state index >= 15 is 0 Å². The molecule has 0 spiro atoms. The summed E-state index contributed by atoms with van der Waals surface area (Å²) in [6.07, 6.45) is 0.507. The summed E-state index contributed by atoms with van der Waals surface area (Å²) in [5.41, 5.74) is 2.95. The Morgan fingerprint density at radius 1 is 1.50 bits per heavy atom. The van der Waals surface area contributed by atoms with Gasteiger partial charge in [-0.15, -0.1) is 0 Å². The quantitative estimate of drug-likeness (QED) is 0.739. The molecule has 76 valence electrons. The molecule has 1 aliphatic rings. The van der Waals surface area contributed by atoms with Crippen LogP contribution in [0.25, 0.3) is 0 Å². The molecule has 6 heteroatoms. The van der Waals surface area contributed by atoms with Crippen molar-refractivity contribution in [3.05, 3.63) is 28.8 Å². The molecule has 0 saturated heterocycles. The number of nitrogens with two attached hydrogens (primary N) is 1. The van der Waals surface area contributed by atoms with Crippen molar-refractivity contribution in [2.24, 2.45) is 5.73 Å². The molecule has 1 saturated carbocycles. The van der Waals surface area contributed by atoms with E-state index in [9.17, 15) is 13.2 Å². The van der Waals surface area contributed by atoms with Gasteiger partial charge in [-0.2, -0.15) is 4.39 Å². The minimum absolute atomic E-state index is 0.114. The molecule has 1 unspecified atom stereocenters. The first-order valence-corrected chi connectivity index (χ1v) is 4.23. The highest BCUT2D eigenvalue weighted by molar-refractivity contribution is 6.31. The van der Waals surface area contributed by atoms with Crippen molar-refractivity contribution in [1.29, 1.82) is 0 Å². The minimum Gasteiger partial charge on any atom is -0.316 e. The fourth-order valence-corrected chi connectivity index (χ4v) is 1.69. The molecule has 1 atom stereocenters. The number of halogens is 4. The highest BCUT2D eigenvalue weighted by Crippen LogP contribution is 2.59. The minimum atomic E-state index is -3.10. The average Bonchev–Trinajstić information content (AvgIpc) is 2.50. The lowest BCUT2D eigenvalue weighted by molar-refractivity contribution is 0.0879. The lowest BCUT2D eigenvalue weighted by Gasteiger charge is -2.12. The van der Waals surface area contributed by atoms with Crippen molar-refractivity contribution in [2.45, 2.75) is 17.9 Å². The van der Waals surface area contributed by atoms with Gasteiger partial charge in [0.1, 0.15) is 5.54 Å². The van der Waals surface area contributed by atoms with Crippen molar-refractivity contribution in [3.8, 4) is 0 Å². The summed E-state index contributed by atoms with van der Waals surface area (Å²) in [5, 5.41) is -0.114. The van der Waals surface area contributed by atoms with Crippen LogP contribution in [0.2, 0.25) is 5.02 Å². The monoisotopic (exact) mass is 222 g/mol. The molecule has 0 aliphatic heterocycles. The second-order valence-corrected chi connectivity index (χ2v) is 3.72. The molecule has 14 heavy (non-hydrogen) atoms. The van der Waals surface area contributed by atoms with E-state index in [2.05, 4.69) is 4.98 Å². The standard InChI is InChI=1S/C8H6ClF3N2/c9-4-1-2-14-6(10)5(4)7(13)3-8(7,11)12/h1-2H,3,13H2. The smallest absolute Gasteiger partial charge is 0.272 e. The van der Waals surface area contributed by atoms with Gasteiger partial charge in [0.25, 0.3) is 5.92 Å². The second-order valence-electron chi connectivity index (χ2n) is 3.31. The number of aromatic nitrogens is 1. The molecule has 1 aromatic heterocycles. The van der Waals surface area contributed by atoms with Gasteiger partial charge >= 0.3 is 0 Å². The van der Waals surface area contributed by atoms with Crippen molar-refractivity contribution < 1.29 is 13.2 Å². The van der Waals surface area contributed by atoms with Crippen LogP contribution in [0.3, 0.4) is 0 Å². The molecule has 1 aromatic rings. The van der Waals surface area contributed by atoms with Crippen LogP contribution < -0.4 is 5.73 Å². The van der Waals surface area contributed by atoms with Crippen LogP contribution in [0.4, 0.5) is 13.2 Å². The first-order chi connectivity index (χ1) is 6.38. The topological polar surface area (TPSA) is 38.9 Å². The van der Waals surface area contributed by atoms with Crippen molar-refractivity contribution in [2.75, 3.05) is 0 Å². The Morgan fingerprint density at radius 3 is 2.50 bits per heavy atom. The maximum Gasteiger partial charge on any atom is 0.272 e. The van der Waals surface area contributed by atoms with Crippen LogP contribution >= 0.6 is 11.6 Å². The van der Waals surface area contributed by atoms with Crippen molar-refractivity contribution in [1.82, 2.24) is 4.98 Å². The van der Waals surface area contributed by atoms with E-state index in [0.29, 0.717) is 0 Å². The zero-order chi connectivity index (χ0) is 10.6. The SMILES string of the molecule is NC1(c2c(Cl)ccnc2F)CC1(F)F. The molecule has 0 amide bonds. The summed E-state index contributed by atoms with van der Waals surface area (Å²) in [4.78, 5) is 3.25. The van der Waals surface area contributed by atoms with Gasteiger partial charge in [0.05, 0.1) is 10.6 Å². The normalized spacial score (nSPS) is 28.9. The predicted molar refractivity (Wildman–Crippen MR) is 44.6 cm³/mol. The third-order valence-corrected chi connectivity index (χ3v) is 2.64. The van der Waals surface area contributed by atoms with Gasteiger partial charge < -0.3 is 5.73 Å². The molecule has 2 N–H and O–H groups in total. The maximum absolute atomic E-state index is 13.1. The van der Waals surface area contributed by atoms with Gasteiger partial charge in [0.2, 0.25) is 5.95 Å². The Kier molecular flexibility index (Phi) is 1.81. The van der Waals surface area contributed by atoms with Crippen molar-refractivity contribution in [3.63, 3.8) is 0 Å². The van der Waals surface area contributed by atoms with Gasteiger partial charge in [-0.1, -0.05) is 11.6 Å². The summed E-state index contributed by atoms with van der Waals surface area (Å²) in [7, 11) is 0. The molecule has 2 nitrogen and oxygen atoms in total. The zero-order valence-electron chi connectivity index (χ0n) is 6.90. The first-order valence-electron chi connectivity index (χ1n) is 3.86. The molecular formula is C8H6ClF3N2. The number of nitrogens with zero attached hydrogens (tertiary/aromatic N) is 1. The molecule has 0 bridgehead atoms. The highest BCUT2D eigenvalue weighted by atomic mass is 35.5. The lowest BCUT2D eigenvalue weighted by Crippen LogP contribution is -2.29. The third-order valence-electron chi connectivity index (χ3n) is 2.33. The highest BCUT2D eigenvalue weighted by Gasteiger charge is 2.71. The van der Waals surface area contributed by atoms with Crippen LogP contribution in [-0.4, -0.2) is 10.9 Å². The van der Waals surface area contributed by atoms with Crippen LogP contribution in [0.15, 0.2) is 12.3 Å². The summed E-state index contributed by atoms with van der Waals surface area (Å²) in [6.45, 7) is 0. The van der Waals surface area contributed by atoms with Gasteiger partial charge in [-0.25, -0.2) is 13.8 Å². The first kappa shape index (κ1) is 9.73. The van der Waals surface area contributed by atoms with Crippen LogP contribution in [-0.2, 0) is 5.54 Å². The summed E-state index contributed by atoms with van der Waals surface area (Å²) < 4.78 is 38.8. The Bertz CT molecular complexity index is 376. The Labute approximate surface area is 82.9 Å². The fourth-order valence-electron chi connectivity index (χ4n) is 1.39. The van der Waals surface area contributed by atoms with Gasteiger partial charge in [0.15, 0.2) is 0 Å². The second kappa shape index (κ2) is 2.61. The Hall–Kier alpha value is -0.810. The summed E-state index contributed by atoms with van der Waals surface area (Å²) in [6, 6.07) is 1.24. The molecule has 1 fully saturated rings. The molecule has 1 aliphatic carbocycles. The number of alkyl halides is 2. The van der Waals surface area contributed by atoms with Gasteiger partial charge in [0, 0.05) is 12.6 Å². The number of rotatable bonds is 1. The predicted octanol–water partition coefficient (Wildman–Crippen LogP) is 2.07. The van der Waals surface area contributed by atoms with E-state index in [4.69, 9.17) is 17.3 Å². The lowest BCUT2D eigenvalue weighted by atomic mass is 10.1. The molecular weight excluding hydrogens is 217 g/mol. The number of hydrogen-bond acceptors (Lipinski definition) is 2. The number of pyridine rings is 1. The average molecular weight is 223 g/mol. The van der Waals surface area contributed by atoms with Gasteiger partial charge in [-0.3, -0.25) is 0 Å². The Morgan fingerprint density at radius 2 is 2.07 bits per heavy atom. The molecule has 1 heterocycles. The summed E-state index contributed by atoms with van der Waals surface area (Å²) in [5.74, 6) is -4.13. The van der Waals surface area contributed by atoms with Crippen LogP contribution in [0.1, 0.15) is 12.0 Å². The van der Waals surface area contributed by atoms with E-state index in [1.54, 1.807) is 0 Å². The van der Waals surface area contributed by atoms with Gasteiger partial charge in [-0.05, 0) is 6.07 Å². The summed E-state index contributed by atoms with van der Waals surface area (Å²) >= 11 is 5.59. The maximum atomic E-state index is 13.1. The van der Waals surface area contributed by atoms with E-state index in [-0.39, 0.29) is 5.02 Å².